The van der Waals surface area contributed by atoms with Gasteiger partial charge < -0.3 is 9.80 Å². The Labute approximate surface area is 180 Å². The zero-order valence-corrected chi connectivity index (χ0v) is 17.9. The van der Waals surface area contributed by atoms with Gasteiger partial charge in [0, 0.05) is 31.2 Å². The van der Waals surface area contributed by atoms with Crippen LogP contribution in [0, 0.1) is 11.3 Å². The van der Waals surface area contributed by atoms with Crippen LogP contribution in [0.1, 0.15) is 10.9 Å². The van der Waals surface area contributed by atoms with E-state index in [1.54, 1.807) is 18.2 Å². The van der Waals surface area contributed by atoms with Gasteiger partial charge in [0.25, 0.3) is 0 Å². The summed E-state index contributed by atoms with van der Waals surface area (Å²) in [5.41, 5.74) is 1.36. The number of likely N-dealkylation sites (N-methyl/N-ethyl adjacent to an activating group) is 1. The molecule has 1 saturated heterocycles. The molecule has 7 nitrogen and oxygen atoms in total. The number of hydrogen-bond donors (Lipinski definition) is 0. The number of nitriles is 1. The van der Waals surface area contributed by atoms with E-state index in [0.29, 0.717) is 29.9 Å². The van der Waals surface area contributed by atoms with Crippen molar-refractivity contribution in [3.05, 3.63) is 59.2 Å². The summed E-state index contributed by atoms with van der Waals surface area (Å²) in [7, 11) is -2.02. The Balaban J connectivity index is 1.89. The summed E-state index contributed by atoms with van der Waals surface area (Å²) in [5.74, 6) is 0.443. The molecule has 1 atom stereocenters. The van der Waals surface area contributed by atoms with Crippen LogP contribution in [-0.2, 0) is 9.84 Å². The highest BCUT2D eigenvalue weighted by atomic mass is 35.5. The molecule has 4 rings (SSSR count). The molecule has 0 unspecified atom stereocenters. The molecule has 2 heterocycles. The Morgan fingerprint density at radius 3 is 2.33 bits per heavy atom. The van der Waals surface area contributed by atoms with Gasteiger partial charge in [0.1, 0.15) is 5.69 Å². The van der Waals surface area contributed by atoms with Crippen molar-refractivity contribution < 1.29 is 8.42 Å². The highest BCUT2D eigenvalue weighted by Crippen LogP contribution is 2.34. The van der Waals surface area contributed by atoms with Crippen LogP contribution in [0.3, 0.4) is 0 Å². The Morgan fingerprint density at radius 2 is 1.70 bits per heavy atom. The first-order chi connectivity index (χ1) is 14.4. The Kier molecular flexibility index (Phi) is 5.60. The maximum absolute atomic E-state index is 13.4. The van der Waals surface area contributed by atoms with Crippen LogP contribution >= 0.6 is 11.6 Å². The zero-order chi connectivity index (χ0) is 21.3. The third kappa shape index (κ3) is 3.84. The lowest BCUT2D eigenvalue weighted by atomic mass is 10.2. The highest BCUT2D eigenvalue weighted by molar-refractivity contribution is 7.92. The molecular formula is C21H20ClN5O2S. The van der Waals surface area contributed by atoms with Gasteiger partial charge in [-0.15, -0.1) is 0 Å². The van der Waals surface area contributed by atoms with Crippen LogP contribution in [0.2, 0.25) is 5.02 Å². The molecular weight excluding hydrogens is 422 g/mol. The first kappa shape index (κ1) is 20.5. The second-order valence-corrected chi connectivity index (χ2v) is 9.69. The summed E-state index contributed by atoms with van der Waals surface area (Å²) in [6.45, 7) is 2.97. The maximum Gasteiger partial charge on any atom is 0.200 e. The van der Waals surface area contributed by atoms with E-state index in [4.69, 9.17) is 16.6 Å². The molecule has 0 radical (unpaired) electrons. The molecule has 0 saturated carbocycles. The van der Waals surface area contributed by atoms with Crippen LogP contribution in [0.4, 0.5) is 5.82 Å². The largest absolute Gasteiger partial charge is 0.352 e. The molecule has 3 aromatic rings. The first-order valence-electron chi connectivity index (χ1n) is 9.49. The van der Waals surface area contributed by atoms with Gasteiger partial charge in [0.2, 0.25) is 9.84 Å². The number of sulfone groups is 1. The maximum atomic E-state index is 13.4. The van der Waals surface area contributed by atoms with Gasteiger partial charge in [0.15, 0.2) is 11.1 Å². The smallest absolute Gasteiger partial charge is 0.200 e. The number of piperazine rings is 1. The van der Waals surface area contributed by atoms with Gasteiger partial charge in [-0.3, -0.25) is 0 Å². The number of nitrogens with zero attached hydrogens (tertiary/aromatic N) is 5. The van der Waals surface area contributed by atoms with Crippen molar-refractivity contribution in [1.82, 2.24) is 14.9 Å². The molecule has 30 heavy (non-hydrogen) atoms. The minimum Gasteiger partial charge on any atom is -0.352 e. The lowest BCUT2D eigenvalue weighted by molar-refractivity contribution is 0.312. The molecule has 9 heteroatoms. The number of halogens is 1. The van der Waals surface area contributed by atoms with E-state index in [0.717, 1.165) is 13.1 Å². The van der Waals surface area contributed by atoms with Crippen molar-refractivity contribution in [1.29, 1.82) is 5.26 Å². The van der Waals surface area contributed by atoms with Crippen LogP contribution < -0.4 is 4.90 Å². The van der Waals surface area contributed by atoms with Gasteiger partial charge in [-0.05, 0) is 37.4 Å². The summed E-state index contributed by atoms with van der Waals surface area (Å²) in [5, 5.41) is 8.72. The van der Waals surface area contributed by atoms with Crippen molar-refractivity contribution >= 4 is 38.3 Å². The number of para-hydroxylation sites is 2. The van der Waals surface area contributed by atoms with Crippen LogP contribution in [-0.4, -0.2) is 56.5 Å². The molecule has 1 aliphatic heterocycles. The topological polar surface area (TPSA) is 90.2 Å². The van der Waals surface area contributed by atoms with Crippen LogP contribution in [0.5, 0.6) is 0 Å². The summed E-state index contributed by atoms with van der Waals surface area (Å²) in [6, 6.07) is 15.2. The quantitative estimate of drug-likeness (QED) is 0.614. The first-order valence-corrected chi connectivity index (χ1v) is 11.4. The fourth-order valence-electron chi connectivity index (χ4n) is 3.49. The lowest BCUT2D eigenvalue weighted by Crippen LogP contribution is -2.45. The van der Waals surface area contributed by atoms with Gasteiger partial charge >= 0.3 is 0 Å². The third-order valence-electron chi connectivity index (χ3n) is 5.18. The SMILES string of the molecule is CN1CCN(c2nc3ccccc3nc2[C@@H](C#N)S(=O)(=O)c2cccc(Cl)c2)CC1. The van der Waals surface area contributed by atoms with Crippen LogP contribution in [0.25, 0.3) is 11.0 Å². The molecule has 0 aliphatic carbocycles. The molecule has 0 N–H and O–H groups in total. The second-order valence-electron chi connectivity index (χ2n) is 7.22. The fourth-order valence-corrected chi connectivity index (χ4v) is 5.17. The van der Waals surface area contributed by atoms with Crippen molar-refractivity contribution in [3.63, 3.8) is 0 Å². The van der Waals surface area contributed by atoms with E-state index in [9.17, 15) is 13.7 Å². The normalized spacial score (nSPS) is 16.4. The average molecular weight is 442 g/mol. The predicted octanol–water partition coefficient (Wildman–Crippen LogP) is 3.07. The van der Waals surface area contributed by atoms with Crippen molar-refractivity contribution in [3.8, 4) is 6.07 Å². The molecule has 0 bridgehead atoms. The van der Waals surface area contributed by atoms with E-state index in [1.807, 2.05) is 36.2 Å². The molecule has 1 aromatic heterocycles. The number of fused-ring (bicyclic) bond motifs is 1. The fraction of sp³-hybridized carbons (Fsp3) is 0.286. The molecule has 2 aromatic carbocycles. The summed E-state index contributed by atoms with van der Waals surface area (Å²) >= 11 is 6.00. The Hall–Kier alpha value is -2.73. The molecule has 154 valence electrons. The van der Waals surface area contributed by atoms with E-state index < -0.39 is 15.1 Å². The highest BCUT2D eigenvalue weighted by Gasteiger charge is 2.35. The van der Waals surface area contributed by atoms with Gasteiger partial charge in [-0.2, -0.15) is 5.26 Å². The van der Waals surface area contributed by atoms with Gasteiger partial charge in [0.05, 0.1) is 22.0 Å². The summed E-state index contributed by atoms with van der Waals surface area (Å²) < 4.78 is 26.7. The standard InChI is InChI=1S/C21H20ClN5O2S/c1-26-9-11-27(12-10-26)21-20(24-17-7-2-3-8-18(17)25-21)19(14-23)30(28,29)16-6-4-5-15(22)13-16/h2-8,13,19H,9-12H2,1H3/t19-/m1/s1. The monoisotopic (exact) mass is 441 g/mol. The summed E-state index contributed by atoms with van der Waals surface area (Å²) in [6.07, 6.45) is 0. The van der Waals surface area contributed by atoms with E-state index >= 15 is 0 Å². The number of hydrogen-bond acceptors (Lipinski definition) is 7. The zero-order valence-electron chi connectivity index (χ0n) is 16.4. The number of aromatic nitrogens is 2. The molecule has 0 spiro atoms. The molecule has 1 aliphatic rings. The lowest BCUT2D eigenvalue weighted by Gasteiger charge is -2.34. The van der Waals surface area contributed by atoms with E-state index in [2.05, 4.69) is 9.88 Å². The average Bonchev–Trinajstić information content (AvgIpc) is 2.74. The Morgan fingerprint density at radius 1 is 1.03 bits per heavy atom. The Bertz CT molecular complexity index is 1230. The van der Waals surface area contributed by atoms with Crippen molar-refractivity contribution in [2.24, 2.45) is 0 Å². The second kappa shape index (κ2) is 8.19. The van der Waals surface area contributed by atoms with Crippen molar-refractivity contribution in [2.45, 2.75) is 10.1 Å². The molecule has 0 amide bonds. The van der Waals surface area contributed by atoms with Gasteiger partial charge in [-0.25, -0.2) is 18.4 Å². The molecule has 1 fully saturated rings. The van der Waals surface area contributed by atoms with Gasteiger partial charge in [-0.1, -0.05) is 29.8 Å². The number of rotatable bonds is 4. The van der Waals surface area contributed by atoms with Crippen molar-refractivity contribution in [2.75, 3.05) is 38.1 Å². The summed E-state index contributed by atoms with van der Waals surface area (Å²) in [4.78, 5) is 13.5. The van der Waals surface area contributed by atoms with E-state index in [1.165, 1.54) is 12.1 Å². The minimum absolute atomic E-state index is 0.0131. The third-order valence-corrected chi connectivity index (χ3v) is 7.28. The minimum atomic E-state index is -4.05. The number of anilines is 1. The van der Waals surface area contributed by atoms with E-state index in [-0.39, 0.29) is 15.6 Å². The number of benzene rings is 2. The van der Waals surface area contributed by atoms with Crippen LogP contribution in [0.15, 0.2) is 53.4 Å². The predicted molar refractivity (Wildman–Crippen MR) is 116 cm³/mol.